The molecule has 102 valence electrons. The first kappa shape index (κ1) is 14.0. The molecule has 0 aliphatic rings. The summed E-state index contributed by atoms with van der Waals surface area (Å²) in [5, 5.41) is 1.25. The second-order valence-electron chi connectivity index (χ2n) is 6.93. The van der Waals surface area contributed by atoms with E-state index in [2.05, 4.69) is 71.9 Å². The van der Waals surface area contributed by atoms with Crippen LogP contribution in [0.3, 0.4) is 0 Å². The standard InChI is InChI=1S/C18H25N/c1-12(2)13(3)14-7-9-16-15(11-14)8-10-17(19-16)18(4,5)6/h7-13H,1-6H3. The van der Waals surface area contributed by atoms with Crippen molar-refractivity contribution in [2.45, 2.75) is 52.9 Å². The van der Waals surface area contributed by atoms with E-state index < -0.39 is 0 Å². The molecule has 1 aromatic carbocycles. The van der Waals surface area contributed by atoms with Crippen molar-refractivity contribution in [1.82, 2.24) is 4.98 Å². The van der Waals surface area contributed by atoms with Gasteiger partial charge in [0, 0.05) is 16.5 Å². The molecule has 1 aromatic heterocycles. The molecule has 19 heavy (non-hydrogen) atoms. The summed E-state index contributed by atoms with van der Waals surface area (Å²) < 4.78 is 0. The van der Waals surface area contributed by atoms with Crippen molar-refractivity contribution in [1.29, 1.82) is 0 Å². The van der Waals surface area contributed by atoms with Gasteiger partial charge in [-0.05, 0) is 35.6 Å². The molecule has 0 N–H and O–H groups in total. The minimum Gasteiger partial charge on any atom is -0.252 e. The van der Waals surface area contributed by atoms with Crippen molar-refractivity contribution in [2.75, 3.05) is 0 Å². The summed E-state index contributed by atoms with van der Waals surface area (Å²) in [6.07, 6.45) is 0. The first-order chi connectivity index (χ1) is 8.79. The molecule has 2 aromatic rings. The first-order valence-electron chi connectivity index (χ1n) is 7.20. The van der Waals surface area contributed by atoms with Crippen molar-refractivity contribution in [2.24, 2.45) is 5.92 Å². The minimum absolute atomic E-state index is 0.109. The Hall–Kier alpha value is -1.37. The van der Waals surface area contributed by atoms with Gasteiger partial charge in [0.05, 0.1) is 5.52 Å². The summed E-state index contributed by atoms with van der Waals surface area (Å²) in [5.74, 6) is 1.26. The van der Waals surface area contributed by atoms with Crippen LogP contribution in [-0.2, 0) is 5.41 Å². The van der Waals surface area contributed by atoms with Crippen LogP contribution in [0, 0.1) is 5.92 Å². The molecule has 1 unspecified atom stereocenters. The Morgan fingerprint density at radius 2 is 1.63 bits per heavy atom. The molecule has 0 amide bonds. The Morgan fingerprint density at radius 1 is 0.947 bits per heavy atom. The maximum absolute atomic E-state index is 4.79. The molecule has 1 nitrogen and oxygen atoms in total. The fourth-order valence-corrected chi connectivity index (χ4v) is 2.23. The molecule has 0 saturated carbocycles. The number of hydrogen-bond acceptors (Lipinski definition) is 1. The molecule has 0 spiro atoms. The first-order valence-corrected chi connectivity index (χ1v) is 7.20. The second-order valence-corrected chi connectivity index (χ2v) is 6.93. The van der Waals surface area contributed by atoms with Gasteiger partial charge in [-0.2, -0.15) is 0 Å². The fourth-order valence-electron chi connectivity index (χ4n) is 2.23. The van der Waals surface area contributed by atoms with Gasteiger partial charge in [-0.3, -0.25) is 4.98 Å². The smallest absolute Gasteiger partial charge is 0.0705 e. The zero-order valence-electron chi connectivity index (χ0n) is 13.0. The lowest BCUT2D eigenvalue weighted by Gasteiger charge is -2.19. The number of rotatable bonds is 2. The maximum Gasteiger partial charge on any atom is 0.0705 e. The Balaban J connectivity index is 2.46. The van der Waals surface area contributed by atoms with Gasteiger partial charge in [-0.1, -0.05) is 53.7 Å². The summed E-state index contributed by atoms with van der Waals surface area (Å²) in [6.45, 7) is 13.5. The lowest BCUT2D eigenvalue weighted by atomic mass is 9.88. The average Bonchev–Trinajstić information content (AvgIpc) is 2.35. The molecule has 1 heteroatoms. The summed E-state index contributed by atoms with van der Waals surface area (Å²) in [6, 6.07) is 11.1. The molecule has 0 aliphatic carbocycles. The third-order valence-corrected chi connectivity index (χ3v) is 4.01. The molecular weight excluding hydrogens is 230 g/mol. The molecule has 2 rings (SSSR count). The van der Waals surface area contributed by atoms with E-state index in [1.807, 2.05) is 0 Å². The molecule has 0 radical (unpaired) electrons. The van der Waals surface area contributed by atoms with Crippen LogP contribution in [0.4, 0.5) is 0 Å². The van der Waals surface area contributed by atoms with Crippen LogP contribution in [-0.4, -0.2) is 4.98 Å². The van der Waals surface area contributed by atoms with Crippen LogP contribution in [0.1, 0.15) is 58.7 Å². The summed E-state index contributed by atoms with van der Waals surface area (Å²) >= 11 is 0. The monoisotopic (exact) mass is 255 g/mol. The van der Waals surface area contributed by atoms with E-state index in [4.69, 9.17) is 4.98 Å². The van der Waals surface area contributed by atoms with Gasteiger partial charge in [0.2, 0.25) is 0 Å². The lowest BCUT2D eigenvalue weighted by molar-refractivity contribution is 0.535. The highest BCUT2D eigenvalue weighted by molar-refractivity contribution is 5.79. The van der Waals surface area contributed by atoms with Crippen LogP contribution in [0.25, 0.3) is 10.9 Å². The van der Waals surface area contributed by atoms with Gasteiger partial charge in [-0.25, -0.2) is 0 Å². The van der Waals surface area contributed by atoms with Crippen LogP contribution >= 0.6 is 0 Å². The van der Waals surface area contributed by atoms with Crippen molar-refractivity contribution >= 4 is 10.9 Å². The molecule has 0 saturated heterocycles. The van der Waals surface area contributed by atoms with Gasteiger partial charge >= 0.3 is 0 Å². The van der Waals surface area contributed by atoms with E-state index in [1.165, 1.54) is 10.9 Å². The molecule has 1 atom stereocenters. The van der Waals surface area contributed by atoms with Crippen molar-refractivity contribution in [3.63, 3.8) is 0 Å². The maximum atomic E-state index is 4.79. The fraction of sp³-hybridized carbons (Fsp3) is 0.500. The molecule has 0 aliphatic heterocycles. The zero-order chi connectivity index (χ0) is 14.2. The van der Waals surface area contributed by atoms with Crippen LogP contribution in [0.15, 0.2) is 30.3 Å². The molecular formula is C18H25N. The summed E-state index contributed by atoms with van der Waals surface area (Å²) in [5.41, 5.74) is 3.78. The Kier molecular flexibility index (Phi) is 3.66. The SMILES string of the molecule is CC(C)C(C)c1ccc2nc(C(C)(C)C)ccc2c1. The van der Waals surface area contributed by atoms with E-state index in [1.54, 1.807) is 0 Å². The number of benzene rings is 1. The van der Waals surface area contributed by atoms with Gasteiger partial charge in [0.25, 0.3) is 0 Å². The Bertz CT molecular complexity index is 576. The van der Waals surface area contributed by atoms with Crippen LogP contribution in [0.5, 0.6) is 0 Å². The highest BCUT2D eigenvalue weighted by Crippen LogP contribution is 2.28. The number of pyridine rings is 1. The van der Waals surface area contributed by atoms with Crippen molar-refractivity contribution < 1.29 is 0 Å². The van der Waals surface area contributed by atoms with E-state index >= 15 is 0 Å². The van der Waals surface area contributed by atoms with E-state index in [9.17, 15) is 0 Å². The van der Waals surface area contributed by atoms with Crippen LogP contribution in [0.2, 0.25) is 0 Å². The third-order valence-electron chi connectivity index (χ3n) is 4.01. The Morgan fingerprint density at radius 3 is 2.21 bits per heavy atom. The average molecular weight is 255 g/mol. The molecule has 0 fully saturated rings. The topological polar surface area (TPSA) is 12.9 Å². The summed E-state index contributed by atoms with van der Waals surface area (Å²) in [7, 11) is 0. The predicted molar refractivity (Wildman–Crippen MR) is 83.7 cm³/mol. The number of fused-ring (bicyclic) bond motifs is 1. The Labute approximate surface area is 117 Å². The third kappa shape index (κ3) is 2.97. The van der Waals surface area contributed by atoms with Gasteiger partial charge in [-0.15, -0.1) is 0 Å². The van der Waals surface area contributed by atoms with Gasteiger partial charge < -0.3 is 0 Å². The van der Waals surface area contributed by atoms with E-state index in [0.29, 0.717) is 11.8 Å². The number of hydrogen-bond donors (Lipinski definition) is 0. The van der Waals surface area contributed by atoms with Crippen molar-refractivity contribution in [3.8, 4) is 0 Å². The van der Waals surface area contributed by atoms with Crippen molar-refractivity contribution in [3.05, 3.63) is 41.6 Å². The van der Waals surface area contributed by atoms with E-state index in [0.717, 1.165) is 11.2 Å². The highest BCUT2D eigenvalue weighted by atomic mass is 14.7. The van der Waals surface area contributed by atoms with Gasteiger partial charge in [0.15, 0.2) is 0 Å². The predicted octanol–water partition coefficient (Wildman–Crippen LogP) is 5.29. The second kappa shape index (κ2) is 4.96. The quantitative estimate of drug-likeness (QED) is 0.710. The van der Waals surface area contributed by atoms with Crippen LogP contribution < -0.4 is 0 Å². The largest absolute Gasteiger partial charge is 0.252 e. The molecule has 0 bridgehead atoms. The normalized spacial score (nSPS) is 14.1. The van der Waals surface area contributed by atoms with E-state index in [-0.39, 0.29) is 5.41 Å². The van der Waals surface area contributed by atoms with Gasteiger partial charge in [0.1, 0.15) is 0 Å². The lowest BCUT2D eigenvalue weighted by Crippen LogP contribution is -2.13. The minimum atomic E-state index is 0.109. The summed E-state index contributed by atoms with van der Waals surface area (Å²) in [4.78, 5) is 4.79. The molecule has 1 heterocycles. The highest BCUT2D eigenvalue weighted by Gasteiger charge is 2.16. The zero-order valence-corrected chi connectivity index (χ0v) is 13.0. The number of aromatic nitrogens is 1. The number of nitrogens with zero attached hydrogens (tertiary/aromatic N) is 1.